The Morgan fingerprint density at radius 3 is 0.812 bits per heavy atom. The SMILES string of the molecule is CCCCCCCCCCCCCCCCC(Cl)CCCCCCCCCCC.CNC. The van der Waals surface area contributed by atoms with Crippen LogP contribution in [0.4, 0.5) is 0 Å². The molecule has 0 aliphatic heterocycles. The third kappa shape index (κ3) is 34.9. The zero-order valence-corrected chi connectivity index (χ0v) is 23.9. The zero-order valence-electron chi connectivity index (χ0n) is 23.1. The summed E-state index contributed by atoms with van der Waals surface area (Å²) in [4.78, 5) is 0. The first-order valence-electron chi connectivity index (χ1n) is 14.9. The molecule has 1 N–H and O–H groups in total. The van der Waals surface area contributed by atoms with Gasteiger partial charge in [-0.25, -0.2) is 0 Å². The summed E-state index contributed by atoms with van der Waals surface area (Å²) in [5, 5.41) is 3.19. The monoisotopic (exact) mass is 473 g/mol. The minimum absolute atomic E-state index is 0.442. The highest BCUT2D eigenvalue weighted by molar-refractivity contribution is 6.20. The Kier molecular flexibility index (Phi) is 35.9. The van der Waals surface area contributed by atoms with E-state index in [4.69, 9.17) is 11.6 Å². The lowest BCUT2D eigenvalue weighted by atomic mass is 10.0. The molecule has 0 aliphatic carbocycles. The van der Waals surface area contributed by atoms with Crippen molar-refractivity contribution in [2.45, 2.75) is 180 Å². The van der Waals surface area contributed by atoms with Gasteiger partial charge in [0.25, 0.3) is 0 Å². The lowest BCUT2D eigenvalue weighted by Crippen LogP contribution is -1.98. The standard InChI is InChI=1S/C28H57Cl.C2H7N/c1-3-5-7-9-11-13-14-15-16-17-19-21-23-25-27-28(29)26-24-22-20-18-12-10-8-6-4-2;1-3-2/h28H,3-27H2,1-2H3;3H,1-2H3. The molecule has 0 saturated heterocycles. The molecule has 0 radical (unpaired) electrons. The first kappa shape index (κ1) is 34.4. The van der Waals surface area contributed by atoms with Crippen molar-refractivity contribution >= 4 is 11.6 Å². The summed E-state index contributed by atoms with van der Waals surface area (Å²) < 4.78 is 0. The van der Waals surface area contributed by atoms with Crippen LogP contribution in [0.3, 0.4) is 0 Å². The maximum Gasteiger partial charge on any atom is 0.0336 e. The largest absolute Gasteiger partial charge is 0.323 e. The van der Waals surface area contributed by atoms with Crippen molar-refractivity contribution in [1.29, 1.82) is 0 Å². The van der Waals surface area contributed by atoms with Crippen molar-refractivity contribution in [3.8, 4) is 0 Å². The highest BCUT2D eigenvalue weighted by atomic mass is 35.5. The van der Waals surface area contributed by atoms with E-state index in [1.54, 1.807) is 0 Å². The van der Waals surface area contributed by atoms with E-state index in [2.05, 4.69) is 19.2 Å². The normalized spacial score (nSPS) is 11.9. The van der Waals surface area contributed by atoms with Crippen LogP contribution in [0.2, 0.25) is 0 Å². The lowest BCUT2D eigenvalue weighted by molar-refractivity contribution is 0.518. The quantitative estimate of drug-likeness (QED) is 0.103. The number of alkyl halides is 1. The molecule has 0 rings (SSSR count). The van der Waals surface area contributed by atoms with E-state index in [0.717, 1.165) is 0 Å². The van der Waals surface area contributed by atoms with Crippen molar-refractivity contribution in [2.75, 3.05) is 14.1 Å². The van der Waals surface area contributed by atoms with Crippen molar-refractivity contribution in [2.24, 2.45) is 0 Å². The van der Waals surface area contributed by atoms with Crippen LogP contribution in [-0.4, -0.2) is 19.5 Å². The summed E-state index contributed by atoms with van der Waals surface area (Å²) in [6.07, 6.45) is 35.4. The third-order valence-electron chi connectivity index (χ3n) is 6.49. The molecule has 0 aliphatic rings. The van der Waals surface area contributed by atoms with E-state index in [1.165, 1.54) is 161 Å². The summed E-state index contributed by atoms with van der Waals surface area (Å²) >= 11 is 6.53. The Balaban J connectivity index is 0. The topological polar surface area (TPSA) is 12.0 Å². The molecular formula is C30H64ClN. The van der Waals surface area contributed by atoms with Gasteiger partial charge in [0.05, 0.1) is 0 Å². The summed E-state index contributed by atoms with van der Waals surface area (Å²) in [7, 11) is 3.75. The van der Waals surface area contributed by atoms with Gasteiger partial charge in [-0.05, 0) is 26.9 Å². The van der Waals surface area contributed by atoms with E-state index < -0.39 is 0 Å². The smallest absolute Gasteiger partial charge is 0.0336 e. The van der Waals surface area contributed by atoms with Crippen LogP contribution >= 0.6 is 11.6 Å². The van der Waals surface area contributed by atoms with Crippen LogP contribution < -0.4 is 5.32 Å². The molecule has 2 heteroatoms. The molecule has 0 aromatic rings. The van der Waals surface area contributed by atoms with E-state index in [-0.39, 0.29) is 0 Å². The van der Waals surface area contributed by atoms with Crippen molar-refractivity contribution in [3.05, 3.63) is 0 Å². The van der Waals surface area contributed by atoms with Gasteiger partial charge in [0.15, 0.2) is 0 Å². The van der Waals surface area contributed by atoms with Crippen molar-refractivity contribution in [3.63, 3.8) is 0 Å². The van der Waals surface area contributed by atoms with E-state index in [0.29, 0.717) is 5.38 Å². The second-order valence-electron chi connectivity index (χ2n) is 10.1. The molecule has 0 spiro atoms. The number of unbranched alkanes of at least 4 members (excludes halogenated alkanes) is 21. The first-order valence-corrected chi connectivity index (χ1v) is 15.4. The molecule has 32 heavy (non-hydrogen) atoms. The van der Waals surface area contributed by atoms with E-state index in [1.807, 2.05) is 14.1 Å². The summed E-state index contributed by atoms with van der Waals surface area (Å²) in [6, 6.07) is 0. The molecule has 0 saturated carbocycles. The van der Waals surface area contributed by atoms with Gasteiger partial charge in [-0.1, -0.05) is 162 Å². The van der Waals surface area contributed by atoms with Crippen LogP contribution in [0.15, 0.2) is 0 Å². The van der Waals surface area contributed by atoms with E-state index >= 15 is 0 Å². The molecule has 0 heterocycles. The summed E-state index contributed by atoms with van der Waals surface area (Å²) in [5.74, 6) is 0. The molecule has 196 valence electrons. The van der Waals surface area contributed by atoms with Gasteiger partial charge in [0.1, 0.15) is 0 Å². The van der Waals surface area contributed by atoms with Crippen LogP contribution in [0, 0.1) is 0 Å². The second-order valence-corrected chi connectivity index (χ2v) is 10.7. The molecule has 0 bridgehead atoms. The third-order valence-corrected chi connectivity index (χ3v) is 6.93. The number of halogens is 1. The van der Waals surface area contributed by atoms with Crippen LogP contribution in [0.1, 0.15) is 174 Å². The van der Waals surface area contributed by atoms with Gasteiger partial charge < -0.3 is 5.32 Å². The summed E-state index contributed by atoms with van der Waals surface area (Å²) in [6.45, 7) is 4.59. The van der Waals surface area contributed by atoms with Crippen molar-refractivity contribution < 1.29 is 0 Å². The molecular weight excluding hydrogens is 410 g/mol. The molecule has 0 aromatic carbocycles. The molecule has 0 amide bonds. The highest BCUT2D eigenvalue weighted by Gasteiger charge is 2.04. The fraction of sp³-hybridized carbons (Fsp3) is 1.00. The first-order chi connectivity index (χ1) is 15.7. The maximum absolute atomic E-state index is 6.53. The molecule has 1 unspecified atom stereocenters. The van der Waals surface area contributed by atoms with Gasteiger partial charge >= 0.3 is 0 Å². The number of hydrogen-bond acceptors (Lipinski definition) is 1. The zero-order chi connectivity index (χ0) is 24.0. The predicted octanol–water partition coefficient (Wildman–Crippen LogP) is 11.2. The second kappa shape index (κ2) is 33.4. The Labute approximate surface area is 210 Å². The fourth-order valence-corrected chi connectivity index (χ4v) is 4.69. The minimum Gasteiger partial charge on any atom is -0.323 e. The Morgan fingerprint density at radius 1 is 0.406 bits per heavy atom. The maximum atomic E-state index is 6.53. The Bertz CT molecular complexity index is 295. The van der Waals surface area contributed by atoms with Gasteiger partial charge in [-0.2, -0.15) is 0 Å². The predicted molar refractivity (Wildman–Crippen MR) is 151 cm³/mol. The Morgan fingerprint density at radius 2 is 0.594 bits per heavy atom. The Hall–Kier alpha value is 0.250. The van der Waals surface area contributed by atoms with E-state index in [9.17, 15) is 0 Å². The number of hydrogen-bond donors (Lipinski definition) is 1. The average molecular weight is 474 g/mol. The average Bonchev–Trinajstić information content (AvgIpc) is 2.78. The van der Waals surface area contributed by atoms with Crippen LogP contribution in [0.5, 0.6) is 0 Å². The molecule has 0 aromatic heterocycles. The van der Waals surface area contributed by atoms with Gasteiger partial charge in [-0.3, -0.25) is 0 Å². The molecule has 1 nitrogen and oxygen atoms in total. The molecule has 0 fully saturated rings. The summed E-state index contributed by atoms with van der Waals surface area (Å²) in [5.41, 5.74) is 0. The van der Waals surface area contributed by atoms with Crippen molar-refractivity contribution in [1.82, 2.24) is 5.32 Å². The number of rotatable bonds is 25. The van der Waals surface area contributed by atoms with Crippen LogP contribution in [0.25, 0.3) is 0 Å². The minimum atomic E-state index is 0.442. The fourth-order valence-electron chi connectivity index (χ4n) is 4.38. The molecule has 1 atom stereocenters. The van der Waals surface area contributed by atoms with Gasteiger partial charge in [-0.15, -0.1) is 11.6 Å². The van der Waals surface area contributed by atoms with Gasteiger partial charge in [0.2, 0.25) is 0 Å². The number of nitrogens with one attached hydrogen (secondary N) is 1. The highest BCUT2D eigenvalue weighted by Crippen LogP contribution is 2.19. The van der Waals surface area contributed by atoms with Crippen LogP contribution in [-0.2, 0) is 0 Å². The lowest BCUT2D eigenvalue weighted by Gasteiger charge is -2.09. The van der Waals surface area contributed by atoms with Gasteiger partial charge in [0, 0.05) is 5.38 Å².